The monoisotopic (exact) mass is 198 g/mol. The van der Waals surface area contributed by atoms with E-state index in [1.165, 1.54) is 11.1 Å². The van der Waals surface area contributed by atoms with Crippen molar-refractivity contribution in [1.29, 1.82) is 0 Å². The minimum absolute atomic E-state index is 0.996. The molecule has 78 valence electrons. The number of benzene rings is 1. The van der Waals surface area contributed by atoms with Gasteiger partial charge in [-0.05, 0) is 31.4 Å². The molecule has 0 aliphatic heterocycles. The Labute approximate surface area is 92.6 Å². The maximum Gasteiger partial charge on any atom is -0.00259 e. The summed E-state index contributed by atoms with van der Waals surface area (Å²) in [7, 11) is 0. The van der Waals surface area contributed by atoms with Crippen molar-refractivity contribution in [3.63, 3.8) is 0 Å². The molecular formula is C15H18. The highest BCUT2D eigenvalue weighted by Gasteiger charge is 1.93. The summed E-state index contributed by atoms with van der Waals surface area (Å²) in [6.45, 7) is 4.08. The highest BCUT2D eigenvalue weighted by molar-refractivity contribution is 5.30. The second kappa shape index (κ2) is 6.83. The molecule has 0 nitrogen and oxygen atoms in total. The Morgan fingerprint density at radius 1 is 1.07 bits per heavy atom. The highest BCUT2D eigenvalue weighted by atomic mass is 14.0. The van der Waals surface area contributed by atoms with Crippen molar-refractivity contribution >= 4 is 0 Å². The van der Waals surface area contributed by atoms with E-state index < -0.39 is 0 Å². The largest absolute Gasteiger partial charge is 0.0877 e. The van der Waals surface area contributed by atoms with Crippen molar-refractivity contribution in [3.8, 4) is 0 Å². The summed E-state index contributed by atoms with van der Waals surface area (Å²) in [5.74, 6) is 0. The lowest BCUT2D eigenvalue weighted by Crippen LogP contribution is -1.86. The molecule has 1 aromatic carbocycles. The van der Waals surface area contributed by atoms with Crippen molar-refractivity contribution < 1.29 is 0 Å². The van der Waals surface area contributed by atoms with E-state index in [1.807, 2.05) is 6.92 Å². The Balaban J connectivity index is 2.76. The van der Waals surface area contributed by atoms with Crippen LogP contribution < -0.4 is 0 Å². The van der Waals surface area contributed by atoms with Crippen LogP contribution in [-0.2, 0) is 6.42 Å². The van der Waals surface area contributed by atoms with Crippen LogP contribution in [0, 0.1) is 0 Å². The smallest absolute Gasteiger partial charge is 0.00259 e. The van der Waals surface area contributed by atoms with Crippen LogP contribution in [0.5, 0.6) is 0 Å². The van der Waals surface area contributed by atoms with Crippen molar-refractivity contribution in [2.45, 2.75) is 20.3 Å². The van der Waals surface area contributed by atoms with Gasteiger partial charge in [0.1, 0.15) is 0 Å². The van der Waals surface area contributed by atoms with Crippen molar-refractivity contribution in [3.05, 3.63) is 71.8 Å². The van der Waals surface area contributed by atoms with Crippen LogP contribution in [0.15, 0.2) is 66.3 Å². The first kappa shape index (κ1) is 11.5. The zero-order valence-electron chi connectivity index (χ0n) is 9.48. The summed E-state index contributed by atoms with van der Waals surface area (Å²) < 4.78 is 0. The van der Waals surface area contributed by atoms with Gasteiger partial charge >= 0.3 is 0 Å². The summed E-state index contributed by atoms with van der Waals surface area (Å²) >= 11 is 0. The van der Waals surface area contributed by atoms with Gasteiger partial charge in [0, 0.05) is 0 Å². The molecule has 0 saturated carbocycles. The molecule has 0 bridgehead atoms. The fourth-order valence-electron chi connectivity index (χ4n) is 1.44. The molecular weight excluding hydrogens is 180 g/mol. The molecule has 0 aromatic heterocycles. The van der Waals surface area contributed by atoms with E-state index >= 15 is 0 Å². The topological polar surface area (TPSA) is 0 Å². The van der Waals surface area contributed by atoms with Gasteiger partial charge in [-0.2, -0.15) is 0 Å². The Morgan fingerprint density at radius 3 is 2.40 bits per heavy atom. The molecule has 0 heterocycles. The second-order valence-electron chi connectivity index (χ2n) is 3.43. The Hall–Kier alpha value is -1.56. The molecule has 0 aliphatic rings. The van der Waals surface area contributed by atoms with Gasteiger partial charge < -0.3 is 0 Å². The Morgan fingerprint density at radius 2 is 1.80 bits per heavy atom. The molecule has 0 amide bonds. The molecule has 0 saturated heterocycles. The molecule has 0 atom stereocenters. The van der Waals surface area contributed by atoms with Gasteiger partial charge in [0.15, 0.2) is 0 Å². The van der Waals surface area contributed by atoms with Gasteiger partial charge in [-0.1, -0.05) is 60.7 Å². The molecule has 0 aliphatic carbocycles. The Kier molecular flexibility index (Phi) is 5.24. The van der Waals surface area contributed by atoms with Crippen LogP contribution in [0.4, 0.5) is 0 Å². The normalized spacial score (nSPS) is 12.8. The minimum Gasteiger partial charge on any atom is -0.0877 e. The molecule has 0 heteroatoms. The summed E-state index contributed by atoms with van der Waals surface area (Å²) in [5.41, 5.74) is 2.69. The van der Waals surface area contributed by atoms with E-state index in [0.717, 1.165) is 6.42 Å². The van der Waals surface area contributed by atoms with Gasteiger partial charge in [-0.15, -0.1) is 0 Å². The highest BCUT2D eigenvalue weighted by Crippen LogP contribution is 2.09. The average molecular weight is 198 g/mol. The fourth-order valence-corrected chi connectivity index (χ4v) is 1.44. The number of hydrogen-bond acceptors (Lipinski definition) is 0. The van der Waals surface area contributed by atoms with Crippen molar-refractivity contribution in [2.75, 3.05) is 0 Å². The molecule has 0 spiro atoms. The maximum atomic E-state index is 2.16. The third kappa shape index (κ3) is 4.46. The summed E-state index contributed by atoms with van der Waals surface area (Å²) in [6.07, 6.45) is 11.5. The molecule has 0 radical (unpaired) electrons. The molecule has 0 fully saturated rings. The van der Waals surface area contributed by atoms with E-state index in [2.05, 4.69) is 67.6 Å². The zero-order valence-corrected chi connectivity index (χ0v) is 9.48. The first-order valence-electron chi connectivity index (χ1n) is 5.35. The van der Waals surface area contributed by atoms with Gasteiger partial charge in [-0.25, -0.2) is 0 Å². The van der Waals surface area contributed by atoms with Crippen LogP contribution in [-0.4, -0.2) is 0 Å². The van der Waals surface area contributed by atoms with Crippen LogP contribution in [0.3, 0.4) is 0 Å². The average Bonchev–Trinajstić information content (AvgIpc) is 2.28. The molecule has 15 heavy (non-hydrogen) atoms. The Bertz CT molecular complexity index is 353. The third-order valence-corrected chi connectivity index (χ3v) is 2.13. The van der Waals surface area contributed by atoms with E-state index in [0.29, 0.717) is 0 Å². The van der Waals surface area contributed by atoms with E-state index in [1.54, 1.807) is 0 Å². The number of hydrogen-bond donors (Lipinski definition) is 0. The van der Waals surface area contributed by atoms with E-state index in [-0.39, 0.29) is 0 Å². The van der Waals surface area contributed by atoms with E-state index in [9.17, 15) is 0 Å². The number of rotatable bonds is 4. The fraction of sp³-hybridized carbons (Fsp3) is 0.200. The molecule has 0 unspecified atom stereocenters. The van der Waals surface area contributed by atoms with Crippen LogP contribution in [0.2, 0.25) is 0 Å². The summed E-state index contributed by atoms with van der Waals surface area (Å²) in [4.78, 5) is 0. The van der Waals surface area contributed by atoms with Crippen molar-refractivity contribution in [2.24, 2.45) is 0 Å². The van der Waals surface area contributed by atoms with Gasteiger partial charge in [-0.3, -0.25) is 0 Å². The van der Waals surface area contributed by atoms with Crippen molar-refractivity contribution in [1.82, 2.24) is 0 Å². The van der Waals surface area contributed by atoms with Gasteiger partial charge in [0.2, 0.25) is 0 Å². The zero-order chi connectivity index (χ0) is 10.9. The lowest BCUT2D eigenvalue weighted by molar-refractivity contribution is 1.19. The maximum absolute atomic E-state index is 2.16. The quantitative estimate of drug-likeness (QED) is 0.632. The first-order chi connectivity index (χ1) is 7.36. The first-order valence-corrected chi connectivity index (χ1v) is 5.35. The third-order valence-electron chi connectivity index (χ3n) is 2.13. The van der Waals surface area contributed by atoms with Crippen LogP contribution in [0.1, 0.15) is 19.4 Å². The standard InChI is InChI=1S/C15H18/c1-3-5-10-14(9-4-2)13-15-11-7-6-8-12-15/h3-12H,13H2,1-2H3/b5-3-,9-4-,14-10+. The summed E-state index contributed by atoms with van der Waals surface area (Å²) in [6, 6.07) is 10.5. The molecule has 1 rings (SSSR count). The van der Waals surface area contributed by atoms with Crippen LogP contribution in [0.25, 0.3) is 0 Å². The summed E-state index contributed by atoms with van der Waals surface area (Å²) in [5, 5.41) is 0. The van der Waals surface area contributed by atoms with Crippen LogP contribution >= 0.6 is 0 Å². The predicted octanol–water partition coefficient (Wildman–Crippen LogP) is 4.31. The minimum atomic E-state index is 0.996. The second-order valence-corrected chi connectivity index (χ2v) is 3.43. The van der Waals surface area contributed by atoms with E-state index in [4.69, 9.17) is 0 Å². The lowest BCUT2D eigenvalue weighted by Gasteiger charge is -2.01. The molecule has 0 N–H and O–H groups in total. The predicted molar refractivity (Wildman–Crippen MR) is 67.9 cm³/mol. The van der Waals surface area contributed by atoms with Gasteiger partial charge in [0.05, 0.1) is 0 Å². The van der Waals surface area contributed by atoms with Gasteiger partial charge in [0.25, 0.3) is 0 Å². The molecule has 1 aromatic rings. The number of allylic oxidation sites excluding steroid dienone is 6. The lowest BCUT2D eigenvalue weighted by atomic mass is 10.0. The SMILES string of the molecule is C\C=C/C=C(\C=C/C)Cc1ccccc1.